The van der Waals surface area contributed by atoms with E-state index in [0.29, 0.717) is 0 Å². The molecule has 120 valence electrons. The molecule has 0 spiro atoms. The fourth-order valence-electron chi connectivity index (χ4n) is 1.76. The standard InChI is InChI=1S/C13H15NO7S/c1-7(15)22-6-11(16)13(19)9-3-2-8(5-12(17)18)10(4-9)14(20)21/h2-4,11,13,16,19H,5-6H2,1H3,(H,17,18). The first-order valence-electron chi connectivity index (χ1n) is 6.21. The molecule has 3 N–H and O–H groups in total. The van der Waals surface area contributed by atoms with Gasteiger partial charge in [-0.3, -0.25) is 19.7 Å². The lowest BCUT2D eigenvalue weighted by atomic mass is 10.0. The van der Waals surface area contributed by atoms with E-state index in [0.717, 1.165) is 17.8 Å². The average molecular weight is 329 g/mol. The molecule has 0 aliphatic heterocycles. The van der Waals surface area contributed by atoms with Gasteiger partial charge in [0.25, 0.3) is 5.69 Å². The van der Waals surface area contributed by atoms with E-state index in [1.165, 1.54) is 19.1 Å². The lowest BCUT2D eigenvalue weighted by Crippen LogP contribution is -2.21. The minimum Gasteiger partial charge on any atom is -0.481 e. The number of aliphatic hydroxyl groups is 2. The third-order valence-corrected chi connectivity index (χ3v) is 3.73. The zero-order valence-corrected chi connectivity index (χ0v) is 12.4. The largest absolute Gasteiger partial charge is 0.481 e. The quantitative estimate of drug-likeness (QED) is 0.495. The van der Waals surface area contributed by atoms with Gasteiger partial charge in [0.2, 0.25) is 0 Å². The van der Waals surface area contributed by atoms with Crippen LogP contribution in [0.25, 0.3) is 0 Å². The van der Waals surface area contributed by atoms with Gasteiger partial charge in [0, 0.05) is 24.3 Å². The van der Waals surface area contributed by atoms with Crippen molar-refractivity contribution in [1.29, 1.82) is 0 Å². The molecule has 0 bridgehead atoms. The zero-order chi connectivity index (χ0) is 16.9. The van der Waals surface area contributed by atoms with Crippen molar-refractivity contribution in [3.8, 4) is 0 Å². The number of nitro benzene ring substituents is 1. The summed E-state index contributed by atoms with van der Waals surface area (Å²) in [5.74, 6) is -1.27. The van der Waals surface area contributed by atoms with Crippen LogP contribution in [0, 0.1) is 10.1 Å². The van der Waals surface area contributed by atoms with Crippen molar-refractivity contribution < 1.29 is 29.8 Å². The Bertz CT molecular complexity index is 590. The smallest absolute Gasteiger partial charge is 0.308 e. The Morgan fingerprint density at radius 1 is 1.36 bits per heavy atom. The van der Waals surface area contributed by atoms with Crippen molar-refractivity contribution in [3.63, 3.8) is 0 Å². The van der Waals surface area contributed by atoms with Gasteiger partial charge in [-0.2, -0.15) is 0 Å². The molecule has 0 radical (unpaired) electrons. The van der Waals surface area contributed by atoms with E-state index in [-0.39, 0.29) is 22.0 Å². The first kappa shape index (κ1) is 18.1. The predicted octanol–water partition coefficient (Wildman–Crippen LogP) is 0.896. The Balaban J connectivity index is 3.00. The Labute approximate surface area is 129 Å². The van der Waals surface area contributed by atoms with Crippen LogP contribution < -0.4 is 0 Å². The highest BCUT2D eigenvalue weighted by atomic mass is 32.2. The van der Waals surface area contributed by atoms with Crippen LogP contribution in [-0.2, 0) is 16.0 Å². The second-order valence-electron chi connectivity index (χ2n) is 4.53. The third-order valence-electron chi connectivity index (χ3n) is 2.81. The van der Waals surface area contributed by atoms with E-state index in [9.17, 15) is 29.9 Å². The van der Waals surface area contributed by atoms with Crippen LogP contribution in [-0.4, -0.2) is 43.2 Å². The molecule has 1 aromatic carbocycles. The second-order valence-corrected chi connectivity index (χ2v) is 5.73. The number of hydrogen-bond donors (Lipinski definition) is 3. The van der Waals surface area contributed by atoms with Gasteiger partial charge in [-0.25, -0.2) is 0 Å². The maximum atomic E-state index is 11.0. The topological polar surface area (TPSA) is 138 Å². The van der Waals surface area contributed by atoms with Crippen molar-refractivity contribution in [3.05, 3.63) is 39.4 Å². The van der Waals surface area contributed by atoms with Crippen molar-refractivity contribution >= 4 is 28.5 Å². The number of carboxylic acid groups (broad SMARTS) is 1. The average Bonchev–Trinajstić information content (AvgIpc) is 2.43. The highest BCUT2D eigenvalue weighted by Crippen LogP contribution is 2.27. The van der Waals surface area contributed by atoms with Crippen LogP contribution in [0.5, 0.6) is 0 Å². The van der Waals surface area contributed by atoms with Gasteiger partial charge in [0.1, 0.15) is 6.10 Å². The van der Waals surface area contributed by atoms with Gasteiger partial charge in [-0.05, 0) is 5.56 Å². The van der Waals surface area contributed by atoms with E-state index in [1.807, 2.05) is 0 Å². The molecule has 2 atom stereocenters. The molecule has 0 heterocycles. The number of benzene rings is 1. The molecule has 0 fully saturated rings. The summed E-state index contributed by atoms with van der Waals surface area (Å²) in [7, 11) is 0. The minimum absolute atomic E-state index is 0.000973. The van der Waals surface area contributed by atoms with Gasteiger partial charge < -0.3 is 15.3 Å². The monoisotopic (exact) mass is 329 g/mol. The number of nitro groups is 1. The van der Waals surface area contributed by atoms with Gasteiger partial charge in [0.05, 0.1) is 17.4 Å². The summed E-state index contributed by atoms with van der Waals surface area (Å²) in [6.45, 7) is 1.31. The number of nitrogens with zero attached hydrogens (tertiary/aromatic N) is 1. The summed E-state index contributed by atoms with van der Waals surface area (Å²) < 4.78 is 0. The van der Waals surface area contributed by atoms with Crippen LogP contribution in [0.2, 0.25) is 0 Å². The molecule has 1 aromatic rings. The molecule has 0 aliphatic carbocycles. The Morgan fingerprint density at radius 2 is 2.00 bits per heavy atom. The van der Waals surface area contributed by atoms with Crippen LogP contribution in [0.3, 0.4) is 0 Å². The van der Waals surface area contributed by atoms with Crippen LogP contribution >= 0.6 is 11.8 Å². The SMILES string of the molecule is CC(=O)SCC(O)C(O)c1ccc(CC(=O)O)c([N+](=O)[O-])c1. The zero-order valence-electron chi connectivity index (χ0n) is 11.6. The Morgan fingerprint density at radius 3 is 2.50 bits per heavy atom. The normalized spacial score (nSPS) is 13.4. The number of aliphatic carboxylic acids is 1. The molecule has 8 nitrogen and oxygen atoms in total. The number of carbonyl (C=O) groups excluding carboxylic acids is 1. The fourth-order valence-corrected chi connectivity index (χ4v) is 2.35. The summed E-state index contributed by atoms with van der Waals surface area (Å²) in [5, 5.41) is 39.2. The Hall–Kier alpha value is -1.97. The number of carboxylic acids is 1. The molecule has 0 saturated heterocycles. The highest BCUT2D eigenvalue weighted by Gasteiger charge is 2.23. The van der Waals surface area contributed by atoms with Crippen molar-refractivity contribution in [2.75, 3.05) is 5.75 Å². The van der Waals surface area contributed by atoms with Crippen molar-refractivity contribution in [1.82, 2.24) is 0 Å². The summed E-state index contributed by atoms with van der Waals surface area (Å²) in [4.78, 5) is 31.7. The van der Waals surface area contributed by atoms with E-state index >= 15 is 0 Å². The van der Waals surface area contributed by atoms with Gasteiger partial charge in [0.15, 0.2) is 5.12 Å². The first-order chi connectivity index (χ1) is 10.2. The maximum Gasteiger partial charge on any atom is 0.308 e. The fraction of sp³-hybridized carbons (Fsp3) is 0.385. The minimum atomic E-state index is -1.41. The molecular weight excluding hydrogens is 314 g/mol. The Kier molecular flexibility index (Phi) is 6.47. The lowest BCUT2D eigenvalue weighted by molar-refractivity contribution is -0.385. The molecule has 0 aliphatic rings. The second kappa shape index (κ2) is 7.87. The molecule has 9 heteroatoms. The summed E-state index contributed by atoms with van der Waals surface area (Å²) >= 11 is 0.824. The molecule has 2 unspecified atom stereocenters. The molecular formula is C13H15NO7S. The molecule has 0 saturated carbocycles. The van der Waals surface area contributed by atoms with E-state index in [1.54, 1.807) is 0 Å². The number of rotatable bonds is 7. The van der Waals surface area contributed by atoms with E-state index in [2.05, 4.69) is 0 Å². The molecule has 0 amide bonds. The van der Waals surface area contributed by atoms with Crippen LogP contribution in [0.1, 0.15) is 24.2 Å². The number of carbonyl (C=O) groups is 2. The van der Waals surface area contributed by atoms with Crippen molar-refractivity contribution in [2.24, 2.45) is 0 Å². The number of hydrogen-bond acceptors (Lipinski definition) is 7. The van der Waals surface area contributed by atoms with Gasteiger partial charge in [-0.15, -0.1) is 0 Å². The number of thioether (sulfide) groups is 1. The number of aliphatic hydroxyl groups excluding tert-OH is 2. The maximum absolute atomic E-state index is 11.0. The van der Waals surface area contributed by atoms with E-state index in [4.69, 9.17) is 5.11 Å². The first-order valence-corrected chi connectivity index (χ1v) is 7.19. The van der Waals surface area contributed by atoms with Crippen LogP contribution in [0.4, 0.5) is 5.69 Å². The molecule has 22 heavy (non-hydrogen) atoms. The summed E-state index contributed by atoms with van der Waals surface area (Å²) in [6.07, 6.45) is -3.21. The van der Waals surface area contributed by atoms with Crippen molar-refractivity contribution in [2.45, 2.75) is 25.6 Å². The predicted molar refractivity (Wildman–Crippen MR) is 78.5 cm³/mol. The van der Waals surface area contributed by atoms with Crippen LogP contribution in [0.15, 0.2) is 18.2 Å². The summed E-state index contributed by atoms with van der Waals surface area (Å²) in [6, 6.07) is 3.58. The van der Waals surface area contributed by atoms with Gasteiger partial charge in [-0.1, -0.05) is 23.9 Å². The van der Waals surface area contributed by atoms with E-state index < -0.39 is 35.2 Å². The van der Waals surface area contributed by atoms with Gasteiger partial charge >= 0.3 is 5.97 Å². The molecule has 0 aromatic heterocycles. The highest BCUT2D eigenvalue weighted by molar-refractivity contribution is 8.13. The molecule has 1 rings (SSSR count). The lowest BCUT2D eigenvalue weighted by Gasteiger charge is -2.17. The summed E-state index contributed by atoms with van der Waals surface area (Å²) in [5.41, 5.74) is -0.357. The third kappa shape index (κ3) is 5.10.